The Hall–Kier alpha value is -1.12. The van der Waals surface area contributed by atoms with Crippen molar-refractivity contribution in [3.63, 3.8) is 0 Å². The zero-order valence-electron chi connectivity index (χ0n) is 13.0. The monoisotopic (exact) mass is 277 g/mol. The quantitative estimate of drug-likeness (QED) is 0.696. The van der Waals surface area contributed by atoms with Crippen LogP contribution in [0.15, 0.2) is 12.2 Å². The average molecular weight is 277 g/mol. The molecule has 1 fully saturated rings. The van der Waals surface area contributed by atoms with Crippen molar-refractivity contribution in [2.24, 2.45) is 17.3 Å². The molecule has 2 aliphatic rings. The third kappa shape index (κ3) is 2.68. The molecule has 0 N–H and O–H groups in total. The first-order valence-electron chi connectivity index (χ1n) is 8.03. The largest absolute Gasteiger partial charge is 0.286 e. The normalized spacial score (nSPS) is 30.8. The lowest BCUT2D eigenvalue weighted by molar-refractivity contribution is -0.147. The number of rotatable bonds is 6. The fourth-order valence-corrected chi connectivity index (χ4v) is 3.86. The van der Waals surface area contributed by atoms with Gasteiger partial charge in [-0.3, -0.25) is 14.5 Å². The minimum atomic E-state index is -0.0325. The van der Waals surface area contributed by atoms with Crippen LogP contribution in [0.3, 0.4) is 0 Å². The first kappa shape index (κ1) is 15.3. The number of carbonyl (C=O) groups is 2. The molecule has 0 spiro atoms. The van der Waals surface area contributed by atoms with Crippen LogP contribution in [-0.2, 0) is 9.59 Å². The van der Waals surface area contributed by atoms with E-state index in [-0.39, 0.29) is 23.1 Å². The molecule has 0 radical (unpaired) electrons. The van der Waals surface area contributed by atoms with Crippen LogP contribution < -0.4 is 0 Å². The molecule has 3 atom stereocenters. The van der Waals surface area contributed by atoms with Gasteiger partial charge in [0, 0.05) is 24.8 Å². The summed E-state index contributed by atoms with van der Waals surface area (Å²) in [6, 6.07) is 0. The van der Waals surface area contributed by atoms with Gasteiger partial charge in [0.2, 0.25) is 11.8 Å². The van der Waals surface area contributed by atoms with E-state index in [9.17, 15) is 9.59 Å². The summed E-state index contributed by atoms with van der Waals surface area (Å²) in [4.78, 5) is 26.0. The average Bonchev–Trinajstić information content (AvgIpc) is 3.02. The first-order chi connectivity index (χ1) is 9.54. The van der Waals surface area contributed by atoms with Gasteiger partial charge < -0.3 is 0 Å². The fourth-order valence-electron chi connectivity index (χ4n) is 3.86. The van der Waals surface area contributed by atoms with Crippen LogP contribution in [0.5, 0.6) is 0 Å². The second-order valence-electron chi connectivity index (χ2n) is 6.49. The highest BCUT2D eigenvalue weighted by molar-refractivity contribution is 5.96. The summed E-state index contributed by atoms with van der Waals surface area (Å²) in [6.07, 6.45) is 11.3. The number of carbonyl (C=O) groups excluding carboxylic acids is 2. The summed E-state index contributed by atoms with van der Waals surface area (Å²) in [5.41, 5.74) is 0.0402. The SMILES string of the molecule is CCCCC12C=CC(CC1C(=O)N(C)C(=O)CCC)C2. The van der Waals surface area contributed by atoms with Crippen LogP contribution in [0.4, 0.5) is 0 Å². The molecule has 0 aromatic rings. The Morgan fingerprint density at radius 3 is 2.65 bits per heavy atom. The Morgan fingerprint density at radius 1 is 1.30 bits per heavy atom. The highest BCUT2D eigenvalue weighted by Crippen LogP contribution is 2.56. The second-order valence-corrected chi connectivity index (χ2v) is 6.49. The molecule has 3 nitrogen and oxygen atoms in total. The van der Waals surface area contributed by atoms with E-state index in [0.717, 1.165) is 38.5 Å². The van der Waals surface area contributed by atoms with E-state index in [0.29, 0.717) is 12.3 Å². The molecule has 3 unspecified atom stereocenters. The maximum Gasteiger partial charge on any atom is 0.232 e. The van der Waals surface area contributed by atoms with E-state index < -0.39 is 0 Å². The van der Waals surface area contributed by atoms with Crippen molar-refractivity contribution in [2.45, 2.75) is 58.8 Å². The van der Waals surface area contributed by atoms with E-state index >= 15 is 0 Å². The van der Waals surface area contributed by atoms with Crippen molar-refractivity contribution in [1.29, 1.82) is 0 Å². The molecule has 2 rings (SSSR count). The molecule has 0 saturated heterocycles. The molecule has 0 aliphatic heterocycles. The van der Waals surface area contributed by atoms with E-state index in [1.807, 2.05) is 6.92 Å². The van der Waals surface area contributed by atoms with Crippen molar-refractivity contribution < 1.29 is 9.59 Å². The lowest BCUT2D eigenvalue weighted by Crippen LogP contribution is -2.42. The van der Waals surface area contributed by atoms with Crippen molar-refractivity contribution in [3.05, 3.63) is 12.2 Å². The van der Waals surface area contributed by atoms with E-state index in [1.54, 1.807) is 7.05 Å². The van der Waals surface area contributed by atoms with Gasteiger partial charge in [-0.15, -0.1) is 0 Å². The second kappa shape index (κ2) is 6.11. The third-order valence-electron chi connectivity index (χ3n) is 5.04. The highest BCUT2D eigenvalue weighted by atomic mass is 16.2. The van der Waals surface area contributed by atoms with Crippen molar-refractivity contribution >= 4 is 11.8 Å². The predicted molar refractivity (Wildman–Crippen MR) is 80.0 cm³/mol. The Kier molecular flexibility index (Phi) is 4.66. The van der Waals surface area contributed by atoms with Crippen LogP contribution in [-0.4, -0.2) is 23.8 Å². The minimum absolute atomic E-state index is 0.0230. The van der Waals surface area contributed by atoms with Gasteiger partial charge in [0.1, 0.15) is 0 Å². The van der Waals surface area contributed by atoms with Gasteiger partial charge in [0.05, 0.1) is 0 Å². The summed E-state index contributed by atoms with van der Waals surface area (Å²) in [5.74, 6) is 0.589. The lowest BCUT2D eigenvalue weighted by atomic mass is 9.73. The summed E-state index contributed by atoms with van der Waals surface area (Å²) in [5, 5.41) is 0. The van der Waals surface area contributed by atoms with Crippen molar-refractivity contribution in [2.75, 3.05) is 7.05 Å². The van der Waals surface area contributed by atoms with Gasteiger partial charge in [-0.2, -0.15) is 0 Å². The number of hydrogen-bond donors (Lipinski definition) is 0. The molecular weight excluding hydrogens is 250 g/mol. The number of amides is 2. The van der Waals surface area contributed by atoms with E-state index in [1.165, 1.54) is 4.90 Å². The number of hydrogen-bond acceptors (Lipinski definition) is 2. The number of fused-ring (bicyclic) bond motifs is 2. The summed E-state index contributed by atoms with van der Waals surface area (Å²) in [7, 11) is 1.66. The van der Waals surface area contributed by atoms with Crippen LogP contribution in [0.1, 0.15) is 58.8 Å². The summed E-state index contributed by atoms with van der Waals surface area (Å²) < 4.78 is 0. The Labute approximate surface area is 122 Å². The van der Waals surface area contributed by atoms with E-state index in [2.05, 4.69) is 19.1 Å². The molecular formula is C17H27NO2. The highest BCUT2D eigenvalue weighted by Gasteiger charge is 2.52. The van der Waals surface area contributed by atoms with Crippen molar-refractivity contribution in [3.8, 4) is 0 Å². The molecule has 2 bridgehead atoms. The molecule has 2 aliphatic carbocycles. The number of nitrogens with zero attached hydrogens (tertiary/aromatic N) is 1. The molecule has 2 amide bonds. The molecule has 1 saturated carbocycles. The zero-order chi connectivity index (χ0) is 14.8. The van der Waals surface area contributed by atoms with Crippen LogP contribution >= 0.6 is 0 Å². The smallest absolute Gasteiger partial charge is 0.232 e. The van der Waals surface area contributed by atoms with Crippen LogP contribution in [0.25, 0.3) is 0 Å². The molecule has 3 heteroatoms. The number of imide groups is 1. The fraction of sp³-hybridized carbons (Fsp3) is 0.765. The van der Waals surface area contributed by atoms with Crippen LogP contribution in [0.2, 0.25) is 0 Å². The van der Waals surface area contributed by atoms with Crippen molar-refractivity contribution in [1.82, 2.24) is 4.90 Å². The Balaban J connectivity index is 2.09. The molecule has 20 heavy (non-hydrogen) atoms. The topological polar surface area (TPSA) is 37.4 Å². The molecule has 0 aromatic carbocycles. The zero-order valence-corrected chi connectivity index (χ0v) is 13.0. The maximum atomic E-state index is 12.7. The van der Waals surface area contributed by atoms with Gasteiger partial charge in [-0.25, -0.2) is 0 Å². The Bertz CT molecular complexity index is 415. The van der Waals surface area contributed by atoms with Crippen LogP contribution in [0, 0.1) is 17.3 Å². The van der Waals surface area contributed by atoms with E-state index in [4.69, 9.17) is 0 Å². The minimum Gasteiger partial charge on any atom is -0.286 e. The van der Waals surface area contributed by atoms with Gasteiger partial charge >= 0.3 is 0 Å². The third-order valence-corrected chi connectivity index (χ3v) is 5.04. The standard InChI is InChI=1S/C17H27NO2/c1-4-6-9-17-10-8-13(12-17)11-14(17)16(20)18(3)15(19)7-5-2/h8,10,13-14H,4-7,9,11-12H2,1-3H3. The van der Waals surface area contributed by atoms with Gasteiger partial charge in [0.15, 0.2) is 0 Å². The number of allylic oxidation sites excluding steroid dienone is 2. The van der Waals surface area contributed by atoms with Gasteiger partial charge in [-0.05, 0) is 31.6 Å². The lowest BCUT2D eigenvalue weighted by Gasteiger charge is -2.33. The first-order valence-corrected chi connectivity index (χ1v) is 8.03. The van der Waals surface area contributed by atoms with Gasteiger partial charge in [0.25, 0.3) is 0 Å². The molecule has 0 heterocycles. The Morgan fingerprint density at radius 2 is 2.05 bits per heavy atom. The summed E-state index contributed by atoms with van der Waals surface area (Å²) in [6.45, 7) is 4.16. The molecule has 112 valence electrons. The molecule has 0 aromatic heterocycles. The van der Waals surface area contributed by atoms with Gasteiger partial charge in [-0.1, -0.05) is 38.8 Å². The predicted octanol–water partition coefficient (Wildman–Crippen LogP) is 3.54. The number of unbranched alkanes of at least 4 members (excludes halogenated alkanes) is 1. The maximum absolute atomic E-state index is 12.7. The summed E-state index contributed by atoms with van der Waals surface area (Å²) >= 11 is 0.